The monoisotopic (exact) mass is 354 g/mol. The third kappa shape index (κ3) is 4.27. The summed E-state index contributed by atoms with van der Waals surface area (Å²) in [6.07, 6.45) is 5.04. The molecule has 2 N–H and O–H groups in total. The van der Waals surface area contributed by atoms with Crippen molar-refractivity contribution in [1.29, 1.82) is 0 Å². The van der Waals surface area contributed by atoms with Crippen molar-refractivity contribution in [3.8, 4) is 11.3 Å². The van der Waals surface area contributed by atoms with Crippen LogP contribution in [0.2, 0.25) is 0 Å². The third-order valence-corrected chi connectivity index (χ3v) is 3.90. The molecule has 0 bridgehead atoms. The molecule has 1 aromatic carbocycles. The average Bonchev–Trinajstić information content (AvgIpc) is 3.32. The predicted molar refractivity (Wildman–Crippen MR) is 97.4 cm³/mol. The van der Waals surface area contributed by atoms with Crippen LogP contribution < -0.4 is 5.32 Å². The van der Waals surface area contributed by atoms with Gasteiger partial charge in [0.2, 0.25) is 5.89 Å². The molecule has 3 aromatic rings. The summed E-state index contributed by atoms with van der Waals surface area (Å²) in [6.45, 7) is 4.79. The maximum atomic E-state index is 12.6. The minimum atomic E-state index is -0.212. The molecular formula is C18H22N6O2. The zero-order valence-corrected chi connectivity index (χ0v) is 14.9. The van der Waals surface area contributed by atoms with E-state index in [1.807, 2.05) is 38.1 Å². The topological polar surface area (TPSA) is 99.9 Å². The van der Waals surface area contributed by atoms with E-state index in [2.05, 4.69) is 25.4 Å². The third-order valence-electron chi connectivity index (χ3n) is 3.90. The number of imidazole rings is 1. The first kappa shape index (κ1) is 17.7. The molecule has 3 rings (SSSR count). The summed E-state index contributed by atoms with van der Waals surface area (Å²) in [5.41, 5.74) is 2.55. The molecule has 0 aliphatic carbocycles. The molecule has 0 saturated heterocycles. The van der Waals surface area contributed by atoms with Gasteiger partial charge in [-0.2, -0.15) is 4.98 Å². The molecular weight excluding hydrogens is 332 g/mol. The Balaban J connectivity index is 1.66. The van der Waals surface area contributed by atoms with Crippen LogP contribution >= 0.6 is 0 Å². The lowest BCUT2D eigenvalue weighted by molar-refractivity contribution is 0.210. The van der Waals surface area contributed by atoms with Crippen molar-refractivity contribution in [2.75, 3.05) is 11.9 Å². The highest BCUT2D eigenvalue weighted by Crippen LogP contribution is 2.20. The molecule has 26 heavy (non-hydrogen) atoms. The fraction of sp³-hybridized carbons (Fsp3) is 0.333. The van der Waals surface area contributed by atoms with Crippen molar-refractivity contribution < 1.29 is 9.32 Å². The smallest absolute Gasteiger partial charge is 0.322 e. The molecule has 2 amide bonds. The highest BCUT2D eigenvalue weighted by molar-refractivity contribution is 5.90. The van der Waals surface area contributed by atoms with Crippen molar-refractivity contribution in [3.05, 3.63) is 48.5 Å². The van der Waals surface area contributed by atoms with Gasteiger partial charge < -0.3 is 19.7 Å². The van der Waals surface area contributed by atoms with Gasteiger partial charge in [0.15, 0.2) is 5.82 Å². The zero-order valence-electron chi connectivity index (χ0n) is 14.9. The minimum absolute atomic E-state index is 0.212. The van der Waals surface area contributed by atoms with Crippen LogP contribution in [-0.2, 0) is 13.0 Å². The van der Waals surface area contributed by atoms with E-state index < -0.39 is 0 Å². The average molecular weight is 354 g/mol. The number of rotatable bonds is 7. The number of anilines is 1. The van der Waals surface area contributed by atoms with Crippen LogP contribution in [0, 0.1) is 0 Å². The lowest BCUT2D eigenvalue weighted by atomic mass is 10.1. The largest absolute Gasteiger partial charge is 0.345 e. The maximum absolute atomic E-state index is 12.6. The summed E-state index contributed by atoms with van der Waals surface area (Å²) < 4.78 is 5.18. The first-order chi connectivity index (χ1) is 12.7. The summed E-state index contributed by atoms with van der Waals surface area (Å²) in [7, 11) is 0. The van der Waals surface area contributed by atoms with Crippen LogP contribution in [0.25, 0.3) is 11.3 Å². The second-order valence-electron chi connectivity index (χ2n) is 5.84. The van der Waals surface area contributed by atoms with E-state index >= 15 is 0 Å². The van der Waals surface area contributed by atoms with E-state index in [-0.39, 0.29) is 6.03 Å². The van der Waals surface area contributed by atoms with Gasteiger partial charge in [-0.25, -0.2) is 9.78 Å². The fourth-order valence-electron chi connectivity index (χ4n) is 2.55. The molecule has 0 atom stereocenters. The first-order valence-electron chi connectivity index (χ1n) is 8.65. The molecule has 0 aliphatic rings. The Labute approximate surface area is 151 Å². The van der Waals surface area contributed by atoms with Crippen LogP contribution in [0.4, 0.5) is 10.5 Å². The summed E-state index contributed by atoms with van der Waals surface area (Å²) in [6, 6.07) is 7.37. The van der Waals surface area contributed by atoms with Crippen LogP contribution in [0.5, 0.6) is 0 Å². The molecule has 0 aliphatic heterocycles. The summed E-state index contributed by atoms with van der Waals surface area (Å²) in [4.78, 5) is 25.6. The van der Waals surface area contributed by atoms with E-state index in [4.69, 9.17) is 4.52 Å². The second kappa shape index (κ2) is 8.28. The van der Waals surface area contributed by atoms with E-state index in [9.17, 15) is 4.79 Å². The Bertz CT molecular complexity index is 843. The normalized spacial score (nSPS) is 10.7. The Kier molecular flexibility index (Phi) is 5.62. The highest BCUT2D eigenvalue weighted by Gasteiger charge is 2.16. The van der Waals surface area contributed by atoms with E-state index in [0.717, 1.165) is 24.1 Å². The molecule has 2 heterocycles. The van der Waals surface area contributed by atoms with E-state index in [0.29, 0.717) is 30.5 Å². The number of hydrogen-bond acceptors (Lipinski definition) is 5. The number of aromatic nitrogens is 4. The van der Waals surface area contributed by atoms with Gasteiger partial charge in [0, 0.05) is 24.2 Å². The standard InChI is InChI=1S/C18H22N6O2/c1-3-6-17-22-16(23-26-17)11-24(4-2)18(25)21-14-8-5-7-13(9-14)15-10-19-12-20-15/h5,7-10,12H,3-4,6,11H2,1-2H3,(H,19,20)(H,21,25). The zero-order chi connectivity index (χ0) is 18.4. The summed E-state index contributed by atoms with van der Waals surface area (Å²) >= 11 is 0. The predicted octanol–water partition coefficient (Wildman–Crippen LogP) is 3.47. The SMILES string of the molecule is CCCc1nc(CN(CC)C(=O)Nc2cccc(-c3cnc[nH]3)c2)no1. The lowest BCUT2D eigenvalue weighted by Crippen LogP contribution is -2.34. The number of carbonyl (C=O) groups is 1. The Morgan fingerprint density at radius 3 is 2.96 bits per heavy atom. The maximum Gasteiger partial charge on any atom is 0.322 e. The van der Waals surface area contributed by atoms with Gasteiger partial charge >= 0.3 is 6.03 Å². The summed E-state index contributed by atoms with van der Waals surface area (Å²) in [5.74, 6) is 1.11. The van der Waals surface area contributed by atoms with Gasteiger partial charge in [-0.3, -0.25) is 0 Å². The summed E-state index contributed by atoms with van der Waals surface area (Å²) in [5, 5.41) is 6.86. The van der Waals surface area contributed by atoms with Crippen LogP contribution in [0.1, 0.15) is 32.0 Å². The number of aryl methyl sites for hydroxylation is 1. The quantitative estimate of drug-likeness (QED) is 0.677. The van der Waals surface area contributed by atoms with Crippen molar-refractivity contribution in [1.82, 2.24) is 25.0 Å². The van der Waals surface area contributed by atoms with Crippen molar-refractivity contribution in [2.45, 2.75) is 33.2 Å². The Morgan fingerprint density at radius 1 is 1.35 bits per heavy atom. The molecule has 0 radical (unpaired) electrons. The highest BCUT2D eigenvalue weighted by atomic mass is 16.5. The molecule has 136 valence electrons. The first-order valence-corrected chi connectivity index (χ1v) is 8.65. The number of aromatic amines is 1. The van der Waals surface area contributed by atoms with E-state index in [1.54, 1.807) is 17.4 Å². The molecule has 0 fully saturated rings. The molecule has 8 heteroatoms. The minimum Gasteiger partial charge on any atom is -0.345 e. The van der Waals surface area contributed by atoms with Gasteiger partial charge in [0.05, 0.1) is 24.8 Å². The second-order valence-corrected chi connectivity index (χ2v) is 5.84. The molecule has 8 nitrogen and oxygen atoms in total. The number of benzene rings is 1. The lowest BCUT2D eigenvalue weighted by Gasteiger charge is -2.19. The number of nitrogens with zero attached hydrogens (tertiary/aromatic N) is 4. The van der Waals surface area contributed by atoms with Gasteiger partial charge in [0.1, 0.15) is 0 Å². The number of nitrogens with one attached hydrogen (secondary N) is 2. The van der Waals surface area contributed by atoms with Crippen LogP contribution in [-0.4, -0.2) is 37.6 Å². The number of hydrogen-bond donors (Lipinski definition) is 2. The van der Waals surface area contributed by atoms with Gasteiger partial charge in [-0.1, -0.05) is 24.2 Å². The molecule has 0 saturated carbocycles. The van der Waals surface area contributed by atoms with E-state index in [1.165, 1.54) is 0 Å². The molecule has 0 spiro atoms. The fourth-order valence-corrected chi connectivity index (χ4v) is 2.55. The van der Waals surface area contributed by atoms with Crippen molar-refractivity contribution in [2.24, 2.45) is 0 Å². The Morgan fingerprint density at radius 2 is 2.23 bits per heavy atom. The van der Waals surface area contributed by atoms with Gasteiger partial charge in [-0.05, 0) is 25.5 Å². The van der Waals surface area contributed by atoms with Crippen molar-refractivity contribution in [3.63, 3.8) is 0 Å². The number of H-pyrrole nitrogens is 1. The molecule has 0 unspecified atom stereocenters. The number of urea groups is 1. The number of carbonyl (C=O) groups excluding carboxylic acids is 1. The van der Waals surface area contributed by atoms with Gasteiger partial charge in [0.25, 0.3) is 0 Å². The molecule has 2 aromatic heterocycles. The van der Waals surface area contributed by atoms with Crippen LogP contribution in [0.3, 0.4) is 0 Å². The van der Waals surface area contributed by atoms with Crippen LogP contribution in [0.15, 0.2) is 41.3 Å². The van der Waals surface area contributed by atoms with Gasteiger partial charge in [-0.15, -0.1) is 0 Å². The van der Waals surface area contributed by atoms with Crippen molar-refractivity contribution >= 4 is 11.7 Å². The Hall–Kier alpha value is -3.16. The number of amides is 2.